The quantitative estimate of drug-likeness (QED) is 0.528. The summed E-state index contributed by atoms with van der Waals surface area (Å²) in [5.74, 6) is -0.175. The highest BCUT2D eigenvalue weighted by Crippen LogP contribution is 2.29. The molecule has 3 saturated carbocycles. The van der Waals surface area contributed by atoms with E-state index in [9.17, 15) is 18.0 Å². The van der Waals surface area contributed by atoms with Gasteiger partial charge < -0.3 is 10.6 Å². The van der Waals surface area contributed by atoms with E-state index in [0.717, 1.165) is 57.8 Å². The summed E-state index contributed by atoms with van der Waals surface area (Å²) in [6.07, 6.45) is 9.29. The van der Waals surface area contributed by atoms with E-state index >= 15 is 0 Å². The number of sulfonamides is 1. The zero-order chi connectivity index (χ0) is 21.7. The SMILES string of the molecule is CC(=O)NC1CCCC(C(=O)NC2CCCC(S(=O)(=O)NC3CCC(Cl)CC3)C2)C1. The van der Waals surface area contributed by atoms with Crippen LogP contribution < -0.4 is 15.4 Å². The molecule has 0 radical (unpaired) electrons. The Morgan fingerprint density at radius 1 is 0.800 bits per heavy atom. The Bertz CT molecular complexity index is 709. The van der Waals surface area contributed by atoms with Gasteiger partial charge in [0.25, 0.3) is 0 Å². The Hall–Kier alpha value is -0.860. The molecule has 30 heavy (non-hydrogen) atoms. The van der Waals surface area contributed by atoms with E-state index < -0.39 is 15.3 Å². The summed E-state index contributed by atoms with van der Waals surface area (Å²) in [6, 6.07) is -0.0702. The van der Waals surface area contributed by atoms with E-state index in [1.54, 1.807) is 0 Å². The van der Waals surface area contributed by atoms with Crippen molar-refractivity contribution in [2.45, 2.75) is 113 Å². The average molecular weight is 462 g/mol. The maximum atomic E-state index is 12.9. The maximum absolute atomic E-state index is 12.9. The predicted octanol–water partition coefficient (Wildman–Crippen LogP) is 2.58. The van der Waals surface area contributed by atoms with Crippen molar-refractivity contribution in [3.63, 3.8) is 0 Å². The monoisotopic (exact) mass is 461 g/mol. The van der Waals surface area contributed by atoms with Crippen molar-refractivity contribution < 1.29 is 18.0 Å². The maximum Gasteiger partial charge on any atom is 0.223 e. The second kappa shape index (κ2) is 10.6. The van der Waals surface area contributed by atoms with Crippen LogP contribution in [-0.4, -0.2) is 49.0 Å². The van der Waals surface area contributed by atoms with Gasteiger partial charge in [0.05, 0.1) is 5.25 Å². The number of carbonyl (C=O) groups excluding carboxylic acids is 2. The summed E-state index contributed by atoms with van der Waals surface area (Å²) < 4.78 is 28.7. The third-order valence-electron chi connectivity index (χ3n) is 6.85. The molecule has 3 aliphatic rings. The normalized spacial score (nSPS) is 35.4. The highest BCUT2D eigenvalue weighted by atomic mass is 35.5. The van der Waals surface area contributed by atoms with E-state index in [2.05, 4.69) is 15.4 Å². The van der Waals surface area contributed by atoms with Gasteiger partial charge in [-0.1, -0.05) is 12.8 Å². The molecule has 0 saturated heterocycles. The first kappa shape index (κ1) is 23.8. The third-order valence-corrected chi connectivity index (χ3v) is 9.26. The number of amides is 2. The second-order valence-electron chi connectivity index (χ2n) is 9.37. The van der Waals surface area contributed by atoms with E-state index in [-0.39, 0.29) is 41.2 Å². The lowest BCUT2D eigenvalue weighted by Gasteiger charge is -2.34. The summed E-state index contributed by atoms with van der Waals surface area (Å²) in [7, 11) is -3.41. The zero-order valence-corrected chi connectivity index (χ0v) is 19.4. The van der Waals surface area contributed by atoms with Crippen LogP contribution in [0.25, 0.3) is 0 Å². The molecule has 3 fully saturated rings. The number of halogens is 1. The highest BCUT2D eigenvalue weighted by molar-refractivity contribution is 7.90. The first-order chi connectivity index (χ1) is 14.2. The van der Waals surface area contributed by atoms with Crippen molar-refractivity contribution in [1.29, 1.82) is 0 Å². The van der Waals surface area contributed by atoms with Crippen molar-refractivity contribution in [3.8, 4) is 0 Å². The van der Waals surface area contributed by atoms with Crippen LogP contribution in [0.4, 0.5) is 0 Å². The fourth-order valence-electron chi connectivity index (χ4n) is 5.22. The van der Waals surface area contributed by atoms with Crippen molar-refractivity contribution in [2.75, 3.05) is 0 Å². The Balaban J connectivity index is 1.50. The van der Waals surface area contributed by atoms with Crippen molar-refractivity contribution in [3.05, 3.63) is 0 Å². The van der Waals surface area contributed by atoms with Gasteiger partial charge in [-0.25, -0.2) is 13.1 Å². The summed E-state index contributed by atoms with van der Waals surface area (Å²) >= 11 is 6.13. The number of alkyl halides is 1. The number of hydrogen-bond donors (Lipinski definition) is 3. The number of nitrogens with one attached hydrogen (secondary N) is 3. The van der Waals surface area contributed by atoms with Gasteiger partial charge in [0.1, 0.15) is 0 Å². The molecule has 9 heteroatoms. The summed E-state index contributed by atoms with van der Waals surface area (Å²) in [4.78, 5) is 24.1. The van der Waals surface area contributed by atoms with Crippen molar-refractivity contribution in [2.24, 2.45) is 5.92 Å². The molecule has 7 nitrogen and oxygen atoms in total. The minimum atomic E-state index is -3.41. The molecule has 0 aromatic carbocycles. The third kappa shape index (κ3) is 6.82. The number of hydrogen-bond acceptors (Lipinski definition) is 4. The van der Waals surface area contributed by atoms with Crippen LogP contribution in [0.2, 0.25) is 0 Å². The van der Waals surface area contributed by atoms with Gasteiger partial charge in [-0.2, -0.15) is 0 Å². The summed E-state index contributed by atoms with van der Waals surface area (Å²) in [6.45, 7) is 1.50. The molecule has 172 valence electrons. The molecule has 3 rings (SSSR count). The molecule has 0 aliphatic heterocycles. The zero-order valence-electron chi connectivity index (χ0n) is 17.9. The van der Waals surface area contributed by atoms with Crippen LogP contribution in [0.15, 0.2) is 0 Å². The van der Waals surface area contributed by atoms with Crippen LogP contribution in [0, 0.1) is 5.92 Å². The van der Waals surface area contributed by atoms with Crippen LogP contribution in [0.5, 0.6) is 0 Å². The van der Waals surface area contributed by atoms with Gasteiger partial charge in [0.2, 0.25) is 21.8 Å². The van der Waals surface area contributed by atoms with Crippen LogP contribution in [0.1, 0.15) is 84.0 Å². The predicted molar refractivity (Wildman–Crippen MR) is 118 cm³/mol. The molecule has 0 bridgehead atoms. The molecule has 0 spiro atoms. The van der Waals surface area contributed by atoms with Gasteiger partial charge in [0.15, 0.2) is 0 Å². The summed E-state index contributed by atoms with van der Waals surface area (Å²) in [5, 5.41) is 5.74. The summed E-state index contributed by atoms with van der Waals surface area (Å²) in [5.41, 5.74) is 0. The molecule has 3 N–H and O–H groups in total. The van der Waals surface area contributed by atoms with Gasteiger partial charge in [-0.05, 0) is 64.2 Å². The van der Waals surface area contributed by atoms with Crippen LogP contribution in [-0.2, 0) is 19.6 Å². The second-order valence-corrected chi connectivity index (χ2v) is 12.0. The minimum Gasteiger partial charge on any atom is -0.354 e. The molecule has 3 aliphatic carbocycles. The first-order valence-corrected chi connectivity index (χ1v) is 13.4. The van der Waals surface area contributed by atoms with Crippen LogP contribution >= 0.6 is 11.6 Å². The highest BCUT2D eigenvalue weighted by Gasteiger charge is 2.36. The van der Waals surface area contributed by atoms with Crippen LogP contribution in [0.3, 0.4) is 0 Å². The van der Waals surface area contributed by atoms with Crippen molar-refractivity contribution >= 4 is 33.4 Å². The minimum absolute atomic E-state index is 0.00138. The Labute approximate surface area is 185 Å². The van der Waals surface area contributed by atoms with E-state index in [4.69, 9.17) is 11.6 Å². The average Bonchev–Trinajstić information content (AvgIpc) is 2.69. The number of carbonyl (C=O) groups is 2. The van der Waals surface area contributed by atoms with Gasteiger partial charge >= 0.3 is 0 Å². The fraction of sp³-hybridized carbons (Fsp3) is 0.905. The standard InChI is InChI=1S/C21H36ClN3O4S/c1-14(26)23-18-5-2-4-15(12-18)21(27)24-19-6-3-7-20(13-19)30(28,29)25-17-10-8-16(22)9-11-17/h15-20,25H,2-13H2,1H3,(H,23,26)(H,24,27). The van der Waals surface area contributed by atoms with Gasteiger partial charge in [0, 0.05) is 36.3 Å². The van der Waals surface area contributed by atoms with E-state index in [0.29, 0.717) is 19.3 Å². The molecular weight excluding hydrogens is 426 g/mol. The van der Waals surface area contributed by atoms with Gasteiger partial charge in [-0.15, -0.1) is 11.6 Å². The molecule has 4 atom stereocenters. The molecule has 0 aromatic heterocycles. The topological polar surface area (TPSA) is 104 Å². The van der Waals surface area contributed by atoms with Gasteiger partial charge in [-0.3, -0.25) is 9.59 Å². The lowest BCUT2D eigenvalue weighted by molar-refractivity contribution is -0.128. The molecule has 2 amide bonds. The molecular formula is C21H36ClN3O4S. The lowest BCUT2D eigenvalue weighted by Crippen LogP contribution is -2.49. The Morgan fingerprint density at radius 3 is 2.10 bits per heavy atom. The fourth-order valence-corrected chi connectivity index (χ4v) is 7.33. The lowest BCUT2D eigenvalue weighted by atomic mass is 9.84. The van der Waals surface area contributed by atoms with E-state index in [1.165, 1.54) is 6.92 Å². The van der Waals surface area contributed by atoms with E-state index in [1.807, 2.05) is 0 Å². The smallest absolute Gasteiger partial charge is 0.223 e. The molecule has 0 heterocycles. The Morgan fingerprint density at radius 2 is 1.43 bits per heavy atom. The van der Waals surface area contributed by atoms with Crippen molar-refractivity contribution in [1.82, 2.24) is 15.4 Å². The molecule has 4 unspecified atom stereocenters. The number of rotatable bonds is 6. The largest absolute Gasteiger partial charge is 0.354 e. The first-order valence-electron chi connectivity index (χ1n) is 11.5. The Kier molecular flexibility index (Phi) is 8.44. The molecule has 0 aromatic rings.